The number of unbranched alkanes of at least 4 members (excludes halogenated alkanes) is 28. The number of allylic oxidation sites excluding steroid dienone is 5. The lowest BCUT2D eigenvalue weighted by Crippen LogP contribution is -2.66. The van der Waals surface area contributed by atoms with Gasteiger partial charge in [-0.3, -0.25) is 4.79 Å². The second kappa shape index (κ2) is 46.2. The van der Waals surface area contributed by atoms with Gasteiger partial charge in [0.05, 0.1) is 38.6 Å². The third-order valence-corrected chi connectivity index (χ3v) is 16.2. The van der Waals surface area contributed by atoms with E-state index < -0.39 is 124 Å². The summed E-state index contributed by atoms with van der Waals surface area (Å²) in [7, 11) is 0. The minimum atomic E-state index is -1.98. The van der Waals surface area contributed by atoms with E-state index in [1.165, 1.54) is 128 Å². The zero-order valence-corrected chi connectivity index (χ0v) is 50.2. The number of aliphatic hydroxyl groups excluding tert-OH is 11. The summed E-state index contributed by atoms with van der Waals surface area (Å²) in [6.07, 6.45) is 24.0. The predicted molar refractivity (Wildman–Crippen MR) is 314 cm³/mol. The van der Waals surface area contributed by atoms with Gasteiger partial charge in [0, 0.05) is 6.42 Å². The highest BCUT2D eigenvalue weighted by Gasteiger charge is 2.53. The van der Waals surface area contributed by atoms with Crippen LogP contribution in [0.1, 0.15) is 226 Å². The number of carbonyl (C=O) groups excluding carboxylic acids is 1. The maximum atomic E-state index is 13.3. The smallest absolute Gasteiger partial charge is 0.220 e. The predicted octanol–water partition coefficient (Wildman–Crippen LogP) is 6.88. The number of hydrogen-bond donors (Lipinski definition) is 12. The number of nitrogens with one attached hydrogen (secondary N) is 1. The number of amides is 1. The fourth-order valence-electron chi connectivity index (χ4n) is 10.9. The summed E-state index contributed by atoms with van der Waals surface area (Å²) < 4.78 is 34.3. The summed E-state index contributed by atoms with van der Waals surface area (Å²) >= 11 is 0. The molecule has 3 aliphatic heterocycles. The van der Waals surface area contributed by atoms with Crippen molar-refractivity contribution in [3.8, 4) is 0 Å². The van der Waals surface area contributed by atoms with Crippen LogP contribution in [0.4, 0.5) is 0 Å². The van der Waals surface area contributed by atoms with Crippen LogP contribution in [0.2, 0.25) is 0 Å². The highest BCUT2D eigenvalue weighted by atomic mass is 16.8. The molecule has 3 saturated heterocycles. The summed E-state index contributed by atoms with van der Waals surface area (Å²) in [5, 5.41) is 120. The Labute approximate surface area is 491 Å². The SMILES string of the molecule is CCCCCC/C=C\C/C=C\CCCCCCCC(=O)NC(COC1OC(CO)C(OC2OC(CO)C(OC3OC(CO)C(O)C(O)C3O)C(O)C2O)C(O)C1O)C(O)/C=C/CCCCCCCCCCCCCCCCCCCCC. The van der Waals surface area contributed by atoms with Crippen LogP contribution >= 0.6 is 0 Å². The fourth-order valence-corrected chi connectivity index (χ4v) is 10.9. The molecule has 0 radical (unpaired) electrons. The Morgan fingerprint density at radius 1 is 0.439 bits per heavy atom. The van der Waals surface area contributed by atoms with Crippen LogP contribution < -0.4 is 5.32 Å². The maximum Gasteiger partial charge on any atom is 0.220 e. The van der Waals surface area contributed by atoms with Gasteiger partial charge in [-0.25, -0.2) is 0 Å². The molecule has 19 nitrogen and oxygen atoms in total. The van der Waals surface area contributed by atoms with Crippen LogP contribution in [-0.4, -0.2) is 193 Å². The molecular formula is C63H115NO18. The Hall–Kier alpha value is -1.99. The van der Waals surface area contributed by atoms with Crippen LogP contribution in [0.25, 0.3) is 0 Å². The van der Waals surface area contributed by atoms with Crippen molar-refractivity contribution in [2.75, 3.05) is 26.4 Å². The fraction of sp³-hybridized carbons (Fsp3) is 0.889. The van der Waals surface area contributed by atoms with Gasteiger partial charge in [-0.15, -0.1) is 0 Å². The molecule has 0 aromatic heterocycles. The van der Waals surface area contributed by atoms with Crippen molar-refractivity contribution >= 4 is 5.91 Å². The van der Waals surface area contributed by atoms with Crippen LogP contribution in [0, 0.1) is 0 Å². The quantitative estimate of drug-likeness (QED) is 0.0218. The van der Waals surface area contributed by atoms with Crippen LogP contribution in [0.15, 0.2) is 36.5 Å². The van der Waals surface area contributed by atoms with Crippen molar-refractivity contribution in [1.29, 1.82) is 0 Å². The summed E-state index contributed by atoms with van der Waals surface area (Å²) in [6, 6.07) is -0.980. The van der Waals surface area contributed by atoms with Crippen LogP contribution in [0.3, 0.4) is 0 Å². The Kier molecular flexibility index (Phi) is 41.8. The molecule has 0 aromatic rings. The molecule has 0 spiro atoms. The normalized spacial score (nSPS) is 29.8. The monoisotopic (exact) mass is 1170 g/mol. The van der Waals surface area contributed by atoms with E-state index >= 15 is 0 Å². The molecule has 3 fully saturated rings. The van der Waals surface area contributed by atoms with E-state index in [-0.39, 0.29) is 18.9 Å². The first-order valence-electron chi connectivity index (χ1n) is 32.2. The van der Waals surface area contributed by atoms with E-state index in [4.69, 9.17) is 28.4 Å². The number of rotatable bonds is 48. The minimum absolute atomic E-state index is 0.228. The number of hydrogen-bond acceptors (Lipinski definition) is 18. The average Bonchev–Trinajstić information content (AvgIpc) is 3.24. The Morgan fingerprint density at radius 2 is 0.805 bits per heavy atom. The molecule has 12 N–H and O–H groups in total. The van der Waals surface area contributed by atoms with Crippen LogP contribution in [-0.2, 0) is 33.2 Å². The van der Waals surface area contributed by atoms with Gasteiger partial charge < -0.3 is 89.9 Å². The molecule has 82 heavy (non-hydrogen) atoms. The first-order valence-corrected chi connectivity index (χ1v) is 32.2. The molecule has 19 heteroatoms. The largest absolute Gasteiger partial charge is 0.394 e. The van der Waals surface area contributed by atoms with Crippen molar-refractivity contribution in [2.24, 2.45) is 0 Å². The van der Waals surface area contributed by atoms with E-state index in [2.05, 4.69) is 43.5 Å². The van der Waals surface area contributed by atoms with Gasteiger partial charge in [0.25, 0.3) is 0 Å². The van der Waals surface area contributed by atoms with E-state index in [0.29, 0.717) is 6.42 Å². The molecule has 3 heterocycles. The van der Waals surface area contributed by atoms with E-state index in [1.807, 2.05) is 6.08 Å². The second-order valence-corrected chi connectivity index (χ2v) is 23.2. The van der Waals surface area contributed by atoms with Gasteiger partial charge in [0.2, 0.25) is 5.91 Å². The van der Waals surface area contributed by atoms with Crippen molar-refractivity contribution in [3.05, 3.63) is 36.5 Å². The van der Waals surface area contributed by atoms with Gasteiger partial charge in [-0.2, -0.15) is 0 Å². The molecule has 0 bridgehead atoms. The van der Waals surface area contributed by atoms with Gasteiger partial charge in [0.15, 0.2) is 18.9 Å². The van der Waals surface area contributed by atoms with E-state index in [0.717, 1.165) is 70.6 Å². The zero-order chi connectivity index (χ0) is 59.7. The van der Waals surface area contributed by atoms with Crippen molar-refractivity contribution in [1.82, 2.24) is 5.32 Å². The molecule has 3 aliphatic rings. The van der Waals surface area contributed by atoms with Crippen molar-refractivity contribution in [3.63, 3.8) is 0 Å². The third-order valence-electron chi connectivity index (χ3n) is 16.2. The van der Waals surface area contributed by atoms with Gasteiger partial charge in [0.1, 0.15) is 73.2 Å². The minimum Gasteiger partial charge on any atom is -0.394 e. The first-order chi connectivity index (χ1) is 39.8. The first kappa shape index (κ1) is 74.3. The maximum absolute atomic E-state index is 13.3. The lowest BCUT2D eigenvalue weighted by atomic mass is 9.96. The molecule has 0 aliphatic carbocycles. The Balaban J connectivity index is 1.49. The zero-order valence-electron chi connectivity index (χ0n) is 50.2. The topological polar surface area (TPSA) is 307 Å². The van der Waals surface area contributed by atoms with Gasteiger partial charge in [-0.05, 0) is 51.4 Å². The lowest BCUT2D eigenvalue weighted by molar-refractivity contribution is -0.379. The summed E-state index contributed by atoms with van der Waals surface area (Å²) in [5.74, 6) is -0.289. The number of aliphatic hydroxyl groups is 11. The summed E-state index contributed by atoms with van der Waals surface area (Å²) in [5.41, 5.74) is 0. The van der Waals surface area contributed by atoms with Gasteiger partial charge in [-0.1, -0.05) is 204 Å². The molecule has 17 atom stereocenters. The average molecular weight is 1170 g/mol. The highest BCUT2D eigenvalue weighted by molar-refractivity contribution is 5.76. The molecule has 480 valence electrons. The molecule has 0 aromatic carbocycles. The Morgan fingerprint density at radius 3 is 1.26 bits per heavy atom. The summed E-state index contributed by atoms with van der Waals surface area (Å²) in [4.78, 5) is 13.3. The van der Waals surface area contributed by atoms with Crippen molar-refractivity contribution in [2.45, 2.75) is 330 Å². The van der Waals surface area contributed by atoms with Crippen molar-refractivity contribution < 1.29 is 89.4 Å². The number of carbonyl (C=O) groups is 1. The van der Waals surface area contributed by atoms with E-state index in [1.54, 1.807) is 6.08 Å². The second-order valence-electron chi connectivity index (χ2n) is 23.2. The van der Waals surface area contributed by atoms with Crippen LogP contribution in [0.5, 0.6) is 0 Å². The molecule has 17 unspecified atom stereocenters. The molecule has 0 saturated carbocycles. The van der Waals surface area contributed by atoms with Gasteiger partial charge >= 0.3 is 0 Å². The Bertz CT molecular complexity index is 1640. The molecule has 1 amide bonds. The lowest BCUT2D eigenvalue weighted by Gasteiger charge is -2.48. The summed E-state index contributed by atoms with van der Waals surface area (Å²) in [6.45, 7) is 1.71. The molecular weight excluding hydrogens is 1060 g/mol. The third kappa shape index (κ3) is 29.1. The molecule has 3 rings (SSSR count). The highest BCUT2D eigenvalue weighted by Crippen LogP contribution is 2.33. The van der Waals surface area contributed by atoms with E-state index in [9.17, 15) is 61.0 Å². The standard InChI is InChI=1S/C63H115NO18/c1-3-5-7-9-11-13-15-17-19-21-22-23-24-25-26-28-30-32-34-36-38-40-47(68)46(64-51(69)41-39-37-35-33-31-29-27-20-18-16-14-12-10-8-6-4-2)45-77-61-57(75)54(72)59(49(43-66)79-61)82-63-58(76)55(73)60(50(44-67)80-63)81-62-56(74)53(71)52(70)48(42-65)78-62/h14,16,20,27,38,40,46-50,52-63,65-68,70-76H,3-13,15,17-19,21-26,28-37,39,41-45H2,1-2H3,(H,64,69)/b16-14-,27-20-,40-38+. The number of ether oxygens (including phenoxy) is 6.